The van der Waals surface area contributed by atoms with E-state index in [2.05, 4.69) is 19.9 Å². The maximum Gasteiger partial charge on any atom is 0.309 e. The van der Waals surface area contributed by atoms with E-state index in [1.54, 1.807) is 0 Å². The molecule has 4 aliphatic rings. The zero-order valence-electron chi connectivity index (χ0n) is 13.4. The van der Waals surface area contributed by atoms with Crippen molar-refractivity contribution in [1.82, 2.24) is 0 Å². The average Bonchev–Trinajstić information content (AvgIpc) is 2.68. The largest absolute Gasteiger partial charge is 0.462 e. The lowest BCUT2D eigenvalue weighted by molar-refractivity contribution is -0.152. The smallest absolute Gasteiger partial charge is 0.309 e. The lowest BCUT2D eigenvalue weighted by atomic mass is 9.77. The third kappa shape index (κ3) is 1.58. The van der Waals surface area contributed by atoms with Gasteiger partial charge in [0.25, 0.3) is 0 Å². The van der Waals surface area contributed by atoms with Crippen molar-refractivity contribution in [1.29, 1.82) is 0 Å². The molecule has 0 bridgehead atoms. The summed E-state index contributed by atoms with van der Waals surface area (Å²) in [6, 6.07) is 0. The number of rotatable bonds is 1. The van der Waals surface area contributed by atoms with Crippen LogP contribution in [0.25, 0.3) is 0 Å². The second kappa shape index (κ2) is 4.13. The SMILES string of the molecule is CC(=O)O[C@H]1CC2(C)OC23CC=C(C)C3[C@H]2OC(=O)[C@@H](C)C21. The summed E-state index contributed by atoms with van der Waals surface area (Å²) in [5.74, 6) is -0.759. The van der Waals surface area contributed by atoms with Gasteiger partial charge in [0.15, 0.2) is 0 Å². The van der Waals surface area contributed by atoms with Crippen molar-refractivity contribution in [3.63, 3.8) is 0 Å². The molecule has 2 heterocycles. The normalized spacial score (nSPS) is 51.9. The minimum Gasteiger partial charge on any atom is -0.462 e. The van der Waals surface area contributed by atoms with Gasteiger partial charge in [-0.15, -0.1) is 0 Å². The molecule has 0 aromatic heterocycles. The van der Waals surface area contributed by atoms with E-state index in [4.69, 9.17) is 14.2 Å². The van der Waals surface area contributed by atoms with E-state index < -0.39 is 0 Å². The zero-order valence-corrected chi connectivity index (χ0v) is 13.4. The third-order valence-electron chi connectivity index (χ3n) is 6.23. The highest BCUT2D eigenvalue weighted by molar-refractivity contribution is 5.75. The number of hydrogen-bond acceptors (Lipinski definition) is 5. The van der Waals surface area contributed by atoms with Crippen molar-refractivity contribution in [2.45, 2.75) is 63.9 Å². The van der Waals surface area contributed by atoms with E-state index in [1.165, 1.54) is 12.5 Å². The molecule has 4 unspecified atom stereocenters. The Morgan fingerprint density at radius 3 is 2.86 bits per heavy atom. The van der Waals surface area contributed by atoms with Crippen LogP contribution in [0.4, 0.5) is 0 Å². The van der Waals surface area contributed by atoms with E-state index in [0.717, 1.165) is 6.42 Å². The Hall–Kier alpha value is -1.36. The lowest BCUT2D eigenvalue weighted by Gasteiger charge is -2.30. The van der Waals surface area contributed by atoms with E-state index >= 15 is 0 Å². The van der Waals surface area contributed by atoms with Gasteiger partial charge in [0.1, 0.15) is 17.8 Å². The Kier molecular flexibility index (Phi) is 2.68. The summed E-state index contributed by atoms with van der Waals surface area (Å²) in [6.07, 6.45) is 3.10. The standard InChI is InChI=1S/C17H22O5/c1-8-5-6-17-13(8)14-12(9(2)15(19)21-14)11(20-10(3)18)7-16(17,4)22-17/h5,9,11-14H,6-7H2,1-4H3/t9-,11-,12?,13?,14-,16?,17?/m0/s1. The Bertz CT molecular complexity index is 596. The number of esters is 2. The Balaban J connectivity index is 1.78. The summed E-state index contributed by atoms with van der Waals surface area (Å²) in [6.45, 7) is 7.47. The topological polar surface area (TPSA) is 65.1 Å². The maximum atomic E-state index is 12.2. The van der Waals surface area contributed by atoms with Crippen molar-refractivity contribution in [3.05, 3.63) is 11.6 Å². The average molecular weight is 306 g/mol. The van der Waals surface area contributed by atoms with Gasteiger partial charge >= 0.3 is 11.9 Å². The fourth-order valence-electron chi connectivity index (χ4n) is 5.14. The predicted octanol–water partition coefficient (Wildman–Crippen LogP) is 1.99. The number of carbonyl (C=O) groups excluding carboxylic acids is 2. The fourth-order valence-corrected chi connectivity index (χ4v) is 5.14. The van der Waals surface area contributed by atoms with E-state index in [0.29, 0.717) is 6.42 Å². The molecule has 5 nitrogen and oxygen atoms in total. The Morgan fingerprint density at radius 1 is 1.45 bits per heavy atom. The van der Waals surface area contributed by atoms with Crippen molar-refractivity contribution in [3.8, 4) is 0 Å². The lowest BCUT2D eigenvalue weighted by Crippen LogP contribution is -2.40. The molecule has 4 rings (SSSR count). The molecule has 0 amide bonds. The summed E-state index contributed by atoms with van der Waals surface area (Å²) in [5, 5.41) is 0. The van der Waals surface area contributed by atoms with Crippen LogP contribution in [0, 0.1) is 17.8 Å². The van der Waals surface area contributed by atoms with Crippen LogP contribution in [0.2, 0.25) is 0 Å². The summed E-state index contributed by atoms with van der Waals surface area (Å²) in [7, 11) is 0. The second-order valence-electron chi connectivity index (χ2n) is 7.47. The van der Waals surface area contributed by atoms with Gasteiger partial charge in [0.2, 0.25) is 0 Å². The van der Waals surface area contributed by atoms with E-state index in [9.17, 15) is 9.59 Å². The first-order chi connectivity index (χ1) is 10.3. The molecule has 2 aliphatic heterocycles. The van der Waals surface area contributed by atoms with Gasteiger partial charge in [0.05, 0.1) is 11.5 Å². The minimum absolute atomic E-state index is 0.0805. The molecule has 0 aromatic rings. The number of ether oxygens (including phenoxy) is 3. The summed E-state index contributed by atoms with van der Waals surface area (Å²) >= 11 is 0. The third-order valence-corrected chi connectivity index (χ3v) is 6.23. The van der Waals surface area contributed by atoms with Gasteiger partial charge in [-0.25, -0.2) is 0 Å². The molecule has 0 N–H and O–H groups in total. The van der Waals surface area contributed by atoms with Crippen LogP contribution in [0.1, 0.15) is 40.5 Å². The highest BCUT2D eigenvalue weighted by Crippen LogP contribution is 2.67. The van der Waals surface area contributed by atoms with Crippen LogP contribution in [0.3, 0.4) is 0 Å². The number of carbonyl (C=O) groups is 2. The molecule has 2 aliphatic carbocycles. The van der Waals surface area contributed by atoms with Crippen LogP contribution in [-0.2, 0) is 23.8 Å². The second-order valence-corrected chi connectivity index (χ2v) is 7.47. The number of epoxide rings is 1. The Morgan fingerprint density at radius 2 is 2.18 bits per heavy atom. The van der Waals surface area contributed by atoms with Crippen LogP contribution in [0.15, 0.2) is 11.6 Å². The van der Waals surface area contributed by atoms with E-state index in [1.807, 2.05) is 6.92 Å². The minimum atomic E-state index is -0.327. The van der Waals surface area contributed by atoms with Gasteiger partial charge < -0.3 is 14.2 Å². The van der Waals surface area contributed by atoms with Crippen molar-refractivity contribution >= 4 is 11.9 Å². The molecule has 1 saturated carbocycles. The van der Waals surface area contributed by atoms with E-state index in [-0.39, 0.29) is 53.1 Å². The van der Waals surface area contributed by atoms with Crippen LogP contribution in [-0.4, -0.2) is 35.3 Å². The molecular formula is C17H22O5. The predicted molar refractivity (Wildman–Crippen MR) is 76.8 cm³/mol. The molecule has 0 aromatic carbocycles. The number of fused-ring (bicyclic) bond motifs is 2. The summed E-state index contributed by atoms with van der Waals surface area (Å²) in [4.78, 5) is 23.7. The molecular weight excluding hydrogens is 284 g/mol. The van der Waals surface area contributed by atoms with Crippen molar-refractivity contribution < 1.29 is 23.8 Å². The van der Waals surface area contributed by atoms with Crippen molar-refractivity contribution in [2.75, 3.05) is 0 Å². The van der Waals surface area contributed by atoms with Crippen LogP contribution >= 0.6 is 0 Å². The molecule has 120 valence electrons. The molecule has 3 fully saturated rings. The van der Waals surface area contributed by atoms with Crippen LogP contribution < -0.4 is 0 Å². The molecule has 22 heavy (non-hydrogen) atoms. The first kappa shape index (κ1) is 14.2. The molecule has 7 atom stereocenters. The molecule has 2 saturated heterocycles. The van der Waals surface area contributed by atoms with Gasteiger partial charge in [0, 0.05) is 25.2 Å². The first-order valence-corrected chi connectivity index (χ1v) is 8.04. The quantitative estimate of drug-likeness (QED) is 0.421. The molecule has 1 spiro atoms. The van der Waals surface area contributed by atoms with Crippen molar-refractivity contribution in [2.24, 2.45) is 17.8 Å². The molecule has 5 heteroatoms. The van der Waals surface area contributed by atoms with Gasteiger partial charge in [-0.3, -0.25) is 9.59 Å². The zero-order chi connectivity index (χ0) is 15.9. The Labute approximate surface area is 130 Å². The number of hydrogen-bond donors (Lipinski definition) is 0. The summed E-state index contributed by atoms with van der Waals surface area (Å²) in [5.41, 5.74) is 0.644. The monoisotopic (exact) mass is 306 g/mol. The van der Waals surface area contributed by atoms with Crippen LogP contribution in [0.5, 0.6) is 0 Å². The highest BCUT2D eigenvalue weighted by Gasteiger charge is 2.77. The maximum absolute atomic E-state index is 12.2. The fraction of sp³-hybridized carbons (Fsp3) is 0.765. The molecule has 0 radical (unpaired) electrons. The van der Waals surface area contributed by atoms with Gasteiger partial charge in [-0.1, -0.05) is 18.6 Å². The van der Waals surface area contributed by atoms with Gasteiger partial charge in [-0.05, 0) is 20.3 Å². The highest BCUT2D eigenvalue weighted by atomic mass is 16.6. The van der Waals surface area contributed by atoms with Gasteiger partial charge in [-0.2, -0.15) is 0 Å². The first-order valence-electron chi connectivity index (χ1n) is 8.04. The summed E-state index contributed by atoms with van der Waals surface area (Å²) < 4.78 is 17.5.